The maximum absolute atomic E-state index is 13.6. The van der Waals surface area contributed by atoms with Gasteiger partial charge in [-0.2, -0.15) is 0 Å². The lowest BCUT2D eigenvalue weighted by Gasteiger charge is -2.05. The van der Waals surface area contributed by atoms with Crippen molar-refractivity contribution in [2.45, 2.75) is 17.2 Å². The van der Waals surface area contributed by atoms with E-state index < -0.39 is 11.6 Å². The molecular formula is C12H11F2NOS. The van der Waals surface area contributed by atoms with Crippen LogP contribution in [-0.4, -0.2) is 0 Å². The Morgan fingerprint density at radius 3 is 2.47 bits per heavy atom. The highest BCUT2D eigenvalue weighted by Gasteiger charge is 2.12. The molecule has 17 heavy (non-hydrogen) atoms. The molecule has 90 valence electrons. The summed E-state index contributed by atoms with van der Waals surface area (Å²) in [6.07, 6.45) is 1.53. The summed E-state index contributed by atoms with van der Waals surface area (Å²) < 4.78 is 32.3. The number of benzene rings is 1. The standard InChI is InChI=1S/C12H11F2NOS/c13-10-4-8(6-15)5-11(14)12(10)17-7-9-2-1-3-16-9/h1-5H,6-7,15H2. The van der Waals surface area contributed by atoms with E-state index >= 15 is 0 Å². The van der Waals surface area contributed by atoms with Gasteiger partial charge in [0.05, 0.1) is 16.9 Å². The van der Waals surface area contributed by atoms with Gasteiger partial charge in [-0.3, -0.25) is 0 Å². The topological polar surface area (TPSA) is 39.2 Å². The van der Waals surface area contributed by atoms with Crippen molar-refractivity contribution in [3.63, 3.8) is 0 Å². The van der Waals surface area contributed by atoms with Gasteiger partial charge >= 0.3 is 0 Å². The Morgan fingerprint density at radius 2 is 1.94 bits per heavy atom. The molecule has 2 rings (SSSR count). The van der Waals surface area contributed by atoms with Crippen molar-refractivity contribution in [2.75, 3.05) is 0 Å². The van der Waals surface area contributed by atoms with Crippen molar-refractivity contribution in [1.29, 1.82) is 0 Å². The average molecular weight is 255 g/mol. The fourth-order valence-corrected chi connectivity index (χ4v) is 2.25. The third-order valence-electron chi connectivity index (χ3n) is 2.23. The molecule has 0 amide bonds. The van der Waals surface area contributed by atoms with Crippen LogP contribution in [0.15, 0.2) is 39.8 Å². The number of rotatable bonds is 4. The molecular weight excluding hydrogens is 244 g/mol. The molecule has 2 aromatic rings. The van der Waals surface area contributed by atoms with Crippen molar-refractivity contribution in [3.8, 4) is 0 Å². The van der Waals surface area contributed by atoms with Crippen LogP contribution in [0.1, 0.15) is 11.3 Å². The molecule has 0 unspecified atom stereocenters. The van der Waals surface area contributed by atoms with Crippen molar-refractivity contribution in [1.82, 2.24) is 0 Å². The van der Waals surface area contributed by atoms with Crippen LogP contribution >= 0.6 is 11.8 Å². The van der Waals surface area contributed by atoms with Crippen molar-refractivity contribution in [2.24, 2.45) is 5.73 Å². The van der Waals surface area contributed by atoms with Crippen LogP contribution in [0.4, 0.5) is 8.78 Å². The molecule has 0 bridgehead atoms. The largest absolute Gasteiger partial charge is 0.468 e. The number of thioether (sulfide) groups is 1. The minimum absolute atomic E-state index is 0.00130. The molecule has 2 nitrogen and oxygen atoms in total. The Hall–Kier alpha value is -1.33. The van der Waals surface area contributed by atoms with Gasteiger partial charge in [-0.15, -0.1) is 11.8 Å². The Labute approximate surface area is 102 Å². The molecule has 0 saturated carbocycles. The van der Waals surface area contributed by atoms with E-state index in [0.717, 1.165) is 11.8 Å². The number of hydrogen-bond donors (Lipinski definition) is 1. The van der Waals surface area contributed by atoms with Crippen molar-refractivity contribution < 1.29 is 13.2 Å². The zero-order chi connectivity index (χ0) is 12.3. The molecule has 0 aliphatic heterocycles. The SMILES string of the molecule is NCc1cc(F)c(SCc2ccco2)c(F)c1. The first-order valence-electron chi connectivity index (χ1n) is 5.04. The fraction of sp³-hybridized carbons (Fsp3) is 0.167. The van der Waals surface area contributed by atoms with Crippen molar-refractivity contribution >= 4 is 11.8 Å². The average Bonchev–Trinajstić information content (AvgIpc) is 2.80. The Kier molecular flexibility index (Phi) is 3.81. The predicted molar refractivity (Wildman–Crippen MR) is 62.5 cm³/mol. The van der Waals surface area contributed by atoms with E-state index in [1.54, 1.807) is 12.1 Å². The van der Waals surface area contributed by atoms with Crippen LogP contribution in [0, 0.1) is 11.6 Å². The molecule has 0 radical (unpaired) electrons. The van der Waals surface area contributed by atoms with E-state index in [1.807, 2.05) is 0 Å². The summed E-state index contributed by atoms with van der Waals surface area (Å²) in [6.45, 7) is 0.122. The third-order valence-corrected chi connectivity index (χ3v) is 3.34. The van der Waals surface area contributed by atoms with E-state index in [1.165, 1.54) is 18.4 Å². The van der Waals surface area contributed by atoms with E-state index in [2.05, 4.69) is 0 Å². The second-order valence-corrected chi connectivity index (χ2v) is 4.45. The Bertz CT molecular complexity index is 476. The van der Waals surface area contributed by atoms with Gasteiger partial charge in [-0.05, 0) is 29.8 Å². The minimum atomic E-state index is -0.581. The summed E-state index contributed by atoms with van der Waals surface area (Å²) in [4.78, 5) is -0.00130. The van der Waals surface area contributed by atoms with E-state index in [4.69, 9.17) is 10.2 Å². The van der Waals surface area contributed by atoms with Crippen LogP contribution in [0.2, 0.25) is 0 Å². The molecule has 5 heteroatoms. The predicted octanol–water partition coefficient (Wildman–Crippen LogP) is 3.31. The molecule has 0 aliphatic carbocycles. The summed E-state index contributed by atoms with van der Waals surface area (Å²) in [6, 6.07) is 6.01. The third kappa shape index (κ3) is 2.87. The first-order valence-corrected chi connectivity index (χ1v) is 6.02. The normalized spacial score (nSPS) is 10.8. The van der Waals surface area contributed by atoms with Crippen LogP contribution in [0.3, 0.4) is 0 Å². The maximum Gasteiger partial charge on any atom is 0.140 e. The van der Waals surface area contributed by atoms with Crippen molar-refractivity contribution in [3.05, 3.63) is 53.5 Å². The summed E-state index contributed by atoms with van der Waals surface area (Å²) in [5.41, 5.74) is 5.78. The molecule has 0 saturated heterocycles. The molecule has 1 aromatic heterocycles. The van der Waals surface area contributed by atoms with Gasteiger partial charge in [0.2, 0.25) is 0 Å². The first-order chi connectivity index (χ1) is 8.20. The molecule has 1 heterocycles. The zero-order valence-electron chi connectivity index (χ0n) is 8.95. The van der Waals surface area contributed by atoms with Gasteiger partial charge in [-0.25, -0.2) is 8.78 Å². The monoisotopic (exact) mass is 255 g/mol. The summed E-state index contributed by atoms with van der Waals surface area (Å²) >= 11 is 1.07. The zero-order valence-corrected chi connectivity index (χ0v) is 9.77. The Morgan fingerprint density at radius 1 is 1.24 bits per heavy atom. The number of furan rings is 1. The van der Waals surface area contributed by atoms with Gasteiger partial charge < -0.3 is 10.2 Å². The number of halogens is 2. The molecule has 0 spiro atoms. The second kappa shape index (κ2) is 5.33. The van der Waals surface area contributed by atoms with Crippen LogP contribution in [-0.2, 0) is 12.3 Å². The number of nitrogens with two attached hydrogens (primary N) is 1. The highest BCUT2D eigenvalue weighted by Crippen LogP contribution is 2.29. The Balaban J connectivity index is 2.15. The minimum Gasteiger partial charge on any atom is -0.468 e. The van der Waals surface area contributed by atoms with Crippen LogP contribution in [0.5, 0.6) is 0 Å². The first kappa shape index (κ1) is 12.1. The number of hydrogen-bond acceptors (Lipinski definition) is 3. The smallest absolute Gasteiger partial charge is 0.140 e. The lowest BCUT2D eigenvalue weighted by atomic mass is 10.2. The van der Waals surface area contributed by atoms with E-state index in [9.17, 15) is 8.78 Å². The quantitative estimate of drug-likeness (QED) is 0.852. The highest BCUT2D eigenvalue weighted by molar-refractivity contribution is 7.98. The van der Waals surface area contributed by atoms with Gasteiger partial charge in [0.1, 0.15) is 17.4 Å². The van der Waals surface area contributed by atoms with Crippen LogP contribution < -0.4 is 5.73 Å². The molecule has 0 aliphatic rings. The molecule has 0 atom stereocenters. The fourth-order valence-electron chi connectivity index (χ4n) is 1.41. The highest BCUT2D eigenvalue weighted by atomic mass is 32.2. The summed E-state index contributed by atoms with van der Waals surface area (Å²) in [7, 11) is 0. The van der Waals surface area contributed by atoms with Gasteiger partial charge in [0, 0.05) is 6.54 Å². The lowest BCUT2D eigenvalue weighted by molar-refractivity contribution is 0.527. The molecule has 1 aromatic carbocycles. The molecule has 0 fully saturated rings. The van der Waals surface area contributed by atoms with Gasteiger partial charge in [-0.1, -0.05) is 0 Å². The van der Waals surface area contributed by atoms with E-state index in [-0.39, 0.29) is 11.4 Å². The maximum atomic E-state index is 13.6. The lowest BCUT2D eigenvalue weighted by Crippen LogP contribution is -1.99. The van der Waals surface area contributed by atoms with Gasteiger partial charge in [0.25, 0.3) is 0 Å². The second-order valence-electron chi connectivity index (χ2n) is 3.46. The summed E-state index contributed by atoms with van der Waals surface area (Å²) in [5, 5.41) is 0. The van der Waals surface area contributed by atoms with E-state index in [0.29, 0.717) is 17.1 Å². The molecule has 2 N–H and O–H groups in total. The van der Waals surface area contributed by atoms with Gasteiger partial charge in [0.15, 0.2) is 0 Å². The van der Waals surface area contributed by atoms with Crippen LogP contribution in [0.25, 0.3) is 0 Å². The summed E-state index contributed by atoms with van der Waals surface area (Å²) in [5.74, 6) is -0.0938.